The van der Waals surface area contributed by atoms with Gasteiger partial charge in [-0.2, -0.15) is 0 Å². The van der Waals surface area contributed by atoms with E-state index in [1.165, 1.54) is 13.2 Å². The first-order valence-electron chi connectivity index (χ1n) is 5.23. The molecule has 0 spiro atoms. The van der Waals surface area contributed by atoms with Crippen LogP contribution in [0.1, 0.15) is 0 Å². The summed E-state index contributed by atoms with van der Waals surface area (Å²) in [5.41, 5.74) is 5.62. The molecule has 1 atom stereocenters. The van der Waals surface area contributed by atoms with Crippen molar-refractivity contribution >= 4 is 22.4 Å². The number of rotatable bonds is 6. The van der Waals surface area contributed by atoms with Crippen LogP contribution in [0, 0.1) is 5.82 Å². The number of methoxy groups -OCH3 is 1. The Morgan fingerprint density at radius 3 is 2.89 bits per heavy atom. The average Bonchev–Trinajstić information content (AvgIpc) is 2.28. The first-order valence-corrected chi connectivity index (χ1v) is 6.55. The molecule has 0 heterocycles. The summed E-state index contributed by atoms with van der Waals surface area (Å²) in [7, 11) is -0.0659. The number of nitrogen functional groups attached to an aromatic ring is 1. The van der Waals surface area contributed by atoms with Gasteiger partial charge in [-0.15, -0.1) is 0 Å². The zero-order chi connectivity index (χ0) is 13.5. The third-order valence-electron chi connectivity index (χ3n) is 2.11. The van der Waals surface area contributed by atoms with E-state index >= 15 is 0 Å². The fraction of sp³-hybridized carbons (Fsp3) is 0.364. The Hall–Kier alpha value is -1.47. The fourth-order valence-corrected chi connectivity index (χ4v) is 2.30. The van der Waals surface area contributed by atoms with E-state index in [2.05, 4.69) is 5.32 Å². The second-order valence-corrected chi connectivity index (χ2v) is 4.93. The molecule has 0 fully saturated rings. The van der Waals surface area contributed by atoms with Gasteiger partial charge in [0.25, 0.3) is 0 Å². The number of halogens is 1. The van der Waals surface area contributed by atoms with Crippen molar-refractivity contribution in [2.45, 2.75) is 4.90 Å². The zero-order valence-electron chi connectivity index (χ0n) is 9.94. The molecule has 1 unspecified atom stereocenters. The van der Waals surface area contributed by atoms with Gasteiger partial charge in [0, 0.05) is 13.7 Å². The summed E-state index contributed by atoms with van der Waals surface area (Å²) < 4.78 is 29.4. The molecule has 18 heavy (non-hydrogen) atoms. The van der Waals surface area contributed by atoms with E-state index in [0.717, 1.165) is 12.1 Å². The Labute approximate surface area is 107 Å². The highest BCUT2D eigenvalue weighted by Gasteiger charge is 2.13. The van der Waals surface area contributed by atoms with Crippen LogP contribution in [0.4, 0.5) is 10.1 Å². The summed E-state index contributed by atoms with van der Waals surface area (Å²) in [6.45, 7) is 0.739. The van der Waals surface area contributed by atoms with E-state index < -0.39 is 16.6 Å². The van der Waals surface area contributed by atoms with E-state index in [4.69, 9.17) is 10.5 Å². The van der Waals surface area contributed by atoms with Crippen LogP contribution >= 0.6 is 0 Å². The Morgan fingerprint density at radius 2 is 2.28 bits per heavy atom. The van der Waals surface area contributed by atoms with Crippen LogP contribution in [-0.4, -0.2) is 36.1 Å². The molecule has 1 amide bonds. The van der Waals surface area contributed by atoms with Gasteiger partial charge in [0.15, 0.2) is 0 Å². The highest BCUT2D eigenvalue weighted by molar-refractivity contribution is 7.86. The lowest BCUT2D eigenvalue weighted by Gasteiger charge is -2.06. The standard InChI is InChI=1S/C11H15FN2O3S/c1-17-5-4-14-11(15)7-18(16)10-3-2-8(12)6-9(10)13/h2-3,6H,4-5,7,13H2,1H3,(H,14,15). The first-order chi connectivity index (χ1) is 8.54. The van der Waals surface area contributed by atoms with Crippen molar-refractivity contribution in [1.29, 1.82) is 0 Å². The van der Waals surface area contributed by atoms with Crippen LogP contribution in [0.5, 0.6) is 0 Å². The predicted octanol–water partition coefficient (Wildman–Crippen LogP) is 0.278. The summed E-state index contributed by atoms with van der Waals surface area (Å²) in [6.07, 6.45) is 0. The highest BCUT2D eigenvalue weighted by Crippen LogP contribution is 2.17. The van der Waals surface area contributed by atoms with E-state index in [-0.39, 0.29) is 22.2 Å². The Balaban J connectivity index is 2.57. The van der Waals surface area contributed by atoms with Gasteiger partial charge < -0.3 is 15.8 Å². The summed E-state index contributed by atoms with van der Waals surface area (Å²) in [6, 6.07) is 3.56. The summed E-state index contributed by atoms with van der Waals surface area (Å²) in [5.74, 6) is -1.08. The molecule has 1 rings (SSSR count). The summed E-state index contributed by atoms with van der Waals surface area (Å²) in [5, 5.41) is 2.54. The molecule has 0 aromatic heterocycles. The minimum absolute atomic E-state index is 0.0815. The van der Waals surface area contributed by atoms with Gasteiger partial charge in [-0.3, -0.25) is 9.00 Å². The molecular formula is C11H15FN2O3S. The minimum Gasteiger partial charge on any atom is -0.398 e. The number of anilines is 1. The molecule has 0 aliphatic carbocycles. The topological polar surface area (TPSA) is 81.4 Å². The van der Waals surface area contributed by atoms with Crippen molar-refractivity contribution in [1.82, 2.24) is 5.32 Å². The first kappa shape index (κ1) is 14.6. The van der Waals surface area contributed by atoms with Crippen molar-refractivity contribution in [3.63, 3.8) is 0 Å². The number of carbonyl (C=O) groups is 1. The molecule has 100 valence electrons. The lowest BCUT2D eigenvalue weighted by molar-refractivity contribution is -0.118. The van der Waals surface area contributed by atoms with Crippen LogP contribution in [0.2, 0.25) is 0 Å². The Bertz CT molecular complexity index is 454. The molecule has 0 aliphatic rings. The maximum Gasteiger partial charge on any atom is 0.233 e. The molecular weight excluding hydrogens is 259 g/mol. The van der Waals surface area contributed by atoms with Gasteiger partial charge in [0.2, 0.25) is 5.91 Å². The molecule has 7 heteroatoms. The van der Waals surface area contributed by atoms with Gasteiger partial charge >= 0.3 is 0 Å². The second-order valence-electron chi connectivity index (χ2n) is 3.51. The molecule has 0 bridgehead atoms. The smallest absolute Gasteiger partial charge is 0.233 e. The van der Waals surface area contributed by atoms with Gasteiger partial charge in [0.1, 0.15) is 11.6 Å². The third-order valence-corrected chi connectivity index (χ3v) is 3.49. The van der Waals surface area contributed by atoms with Crippen molar-refractivity contribution in [3.8, 4) is 0 Å². The molecule has 0 saturated carbocycles. The number of nitrogens with one attached hydrogen (secondary N) is 1. The van der Waals surface area contributed by atoms with Crippen LogP contribution in [0.3, 0.4) is 0 Å². The maximum atomic E-state index is 12.8. The quantitative estimate of drug-likeness (QED) is 0.576. The molecule has 0 aliphatic heterocycles. The van der Waals surface area contributed by atoms with Crippen molar-refractivity contribution in [3.05, 3.63) is 24.0 Å². The summed E-state index contributed by atoms with van der Waals surface area (Å²) >= 11 is 0. The maximum absolute atomic E-state index is 12.8. The molecule has 0 saturated heterocycles. The van der Waals surface area contributed by atoms with Crippen LogP contribution < -0.4 is 11.1 Å². The van der Waals surface area contributed by atoms with E-state index in [1.54, 1.807) is 0 Å². The number of carbonyl (C=O) groups excluding carboxylic acids is 1. The third kappa shape index (κ3) is 4.42. The summed E-state index contributed by atoms with van der Waals surface area (Å²) in [4.78, 5) is 11.7. The minimum atomic E-state index is -1.58. The average molecular weight is 274 g/mol. The number of amides is 1. The van der Waals surface area contributed by atoms with Gasteiger partial charge in [-0.25, -0.2) is 4.39 Å². The highest BCUT2D eigenvalue weighted by atomic mass is 32.2. The molecule has 5 nitrogen and oxygen atoms in total. The number of hydrogen-bond donors (Lipinski definition) is 2. The second kappa shape index (κ2) is 7.07. The predicted molar refractivity (Wildman–Crippen MR) is 67.0 cm³/mol. The number of ether oxygens (including phenoxy) is 1. The number of nitrogens with two attached hydrogens (primary N) is 1. The normalized spacial score (nSPS) is 12.1. The number of hydrogen-bond acceptors (Lipinski definition) is 4. The van der Waals surface area contributed by atoms with Crippen molar-refractivity contribution in [2.24, 2.45) is 0 Å². The Kier molecular flexibility index (Phi) is 5.73. The van der Waals surface area contributed by atoms with Crippen molar-refractivity contribution < 1.29 is 18.1 Å². The van der Waals surface area contributed by atoms with Crippen LogP contribution in [0.15, 0.2) is 23.1 Å². The van der Waals surface area contributed by atoms with Gasteiger partial charge in [0.05, 0.1) is 28.0 Å². The number of benzene rings is 1. The SMILES string of the molecule is COCCNC(=O)CS(=O)c1ccc(F)cc1N. The van der Waals surface area contributed by atoms with Gasteiger partial charge in [-0.05, 0) is 18.2 Å². The lowest BCUT2D eigenvalue weighted by Crippen LogP contribution is -2.31. The molecule has 3 N–H and O–H groups in total. The van der Waals surface area contributed by atoms with Crippen LogP contribution in [-0.2, 0) is 20.3 Å². The largest absolute Gasteiger partial charge is 0.398 e. The lowest BCUT2D eigenvalue weighted by atomic mass is 10.3. The van der Waals surface area contributed by atoms with Crippen LogP contribution in [0.25, 0.3) is 0 Å². The molecule has 0 radical (unpaired) electrons. The monoisotopic (exact) mass is 274 g/mol. The molecule has 1 aromatic rings. The fourth-order valence-electron chi connectivity index (χ4n) is 1.27. The Morgan fingerprint density at radius 1 is 1.56 bits per heavy atom. The van der Waals surface area contributed by atoms with Gasteiger partial charge in [-0.1, -0.05) is 0 Å². The zero-order valence-corrected chi connectivity index (χ0v) is 10.8. The van der Waals surface area contributed by atoms with E-state index in [1.807, 2.05) is 0 Å². The van der Waals surface area contributed by atoms with E-state index in [0.29, 0.717) is 13.2 Å². The van der Waals surface area contributed by atoms with E-state index in [9.17, 15) is 13.4 Å². The molecule has 1 aromatic carbocycles. The van der Waals surface area contributed by atoms with Crippen molar-refractivity contribution in [2.75, 3.05) is 31.7 Å².